The average molecular weight is 362 g/mol. The number of benzene rings is 2. The minimum atomic E-state index is -0.920. The molecule has 2 amide bonds. The van der Waals surface area contributed by atoms with Crippen LogP contribution in [-0.2, 0) is 9.59 Å². The monoisotopic (exact) mass is 362 g/mol. The Labute approximate surface area is 150 Å². The van der Waals surface area contributed by atoms with Crippen molar-refractivity contribution in [3.63, 3.8) is 0 Å². The molecule has 0 aliphatic rings. The van der Waals surface area contributed by atoms with Gasteiger partial charge in [-0.2, -0.15) is 0 Å². The first kappa shape index (κ1) is 19.4. The maximum absolute atomic E-state index is 14.0. The Balaban J connectivity index is 2.18. The number of amides is 2. The maximum Gasteiger partial charge on any atom is 0.244 e. The molecule has 0 saturated heterocycles. The highest BCUT2D eigenvalue weighted by Gasteiger charge is 2.20. The van der Waals surface area contributed by atoms with Gasteiger partial charge < -0.3 is 15.0 Å². The molecule has 138 valence electrons. The van der Waals surface area contributed by atoms with E-state index < -0.39 is 30.0 Å². The molecule has 0 spiro atoms. The van der Waals surface area contributed by atoms with Crippen LogP contribution in [0.1, 0.15) is 20.8 Å². The number of carbonyl (C=O) groups excluding carboxylic acids is 2. The molecule has 1 N–H and O–H groups in total. The third-order valence-electron chi connectivity index (χ3n) is 3.41. The molecule has 0 fully saturated rings. The van der Waals surface area contributed by atoms with Crippen LogP contribution in [0, 0.1) is 11.6 Å². The zero-order valence-electron chi connectivity index (χ0n) is 14.8. The molecule has 0 unspecified atom stereocenters. The molecular weight excluding hydrogens is 342 g/mol. The van der Waals surface area contributed by atoms with Gasteiger partial charge in [0, 0.05) is 13.0 Å². The van der Waals surface area contributed by atoms with E-state index in [0.29, 0.717) is 17.5 Å². The molecule has 0 aliphatic carbocycles. The van der Waals surface area contributed by atoms with Crippen molar-refractivity contribution in [2.45, 2.75) is 26.9 Å². The Kier molecular flexibility index (Phi) is 6.27. The smallest absolute Gasteiger partial charge is 0.244 e. The van der Waals surface area contributed by atoms with Crippen LogP contribution < -0.4 is 15.0 Å². The highest BCUT2D eigenvalue weighted by molar-refractivity contribution is 6.02. The van der Waals surface area contributed by atoms with Gasteiger partial charge in [0.2, 0.25) is 11.8 Å². The van der Waals surface area contributed by atoms with Gasteiger partial charge in [-0.05, 0) is 38.1 Å². The molecule has 0 saturated carbocycles. The summed E-state index contributed by atoms with van der Waals surface area (Å²) in [7, 11) is 0. The summed E-state index contributed by atoms with van der Waals surface area (Å²) in [5.74, 6) is -2.28. The molecule has 7 heteroatoms. The lowest BCUT2D eigenvalue weighted by molar-refractivity contribution is -0.120. The molecular formula is C19H20F2N2O3. The number of nitrogens with zero attached hydrogens (tertiary/aromatic N) is 1. The molecule has 0 bridgehead atoms. The van der Waals surface area contributed by atoms with E-state index in [-0.39, 0.29) is 11.8 Å². The van der Waals surface area contributed by atoms with Crippen molar-refractivity contribution >= 4 is 23.2 Å². The standard InChI is InChI=1S/C19H20F2N2O3/c1-12(2)26-18-7-5-4-6-16(18)22-19(25)11-23(13(3)24)17-9-8-14(20)10-15(17)21/h4-10,12H,11H2,1-3H3,(H,22,25). The van der Waals surface area contributed by atoms with E-state index in [1.54, 1.807) is 24.3 Å². The zero-order valence-corrected chi connectivity index (χ0v) is 14.8. The molecule has 5 nitrogen and oxygen atoms in total. The number of anilines is 2. The van der Waals surface area contributed by atoms with Gasteiger partial charge >= 0.3 is 0 Å². The Morgan fingerprint density at radius 1 is 1.15 bits per heavy atom. The molecule has 2 aromatic rings. The van der Waals surface area contributed by atoms with Gasteiger partial charge in [0.1, 0.15) is 23.9 Å². The largest absolute Gasteiger partial charge is 0.489 e. The summed E-state index contributed by atoms with van der Waals surface area (Å²) in [5.41, 5.74) is 0.273. The van der Waals surface area contributed by atoms with E-state index in [0.717, 1.165) is 17.0 Å². The summed E-state index contributed by atoms with van der Waals surface area (Å²) in [6.45, 7) is 4.49. The lowest BCUT2D eigenvalue weighted by Crippen LogP contribution is -2.37. The van der Waals surface area contributed by atoms with Gasteiger partial charge in [-0.25, -0.2) is 8.78 Å². The van der Waals surface area contributed by atoms with Crippen LogP contribution in [0.5, 0.6) is 5.75 Å². The van der Waals surface area contributed by atoms with Crippen molar-refractivity contribution in [3.8, 4) is 5.75 Å². The van der Waals surface area contributed by atoms with Crippen LogP contribution in [0.2, 0.25) is 0 Å². The first-order chi connectivity index (χ1) is 12.3. The van der Waals surface area contributed by atoms with Gasteiger partial charge in [-0.3, -0.25) is 9.59 Å². The second kappa shape index (κ2) is 8.42. The van der Waals surface area contributed by atoms with E-state index in [9.17, 15) is 18.4 Å². The second-order valence-electron chi connectivity index (χ2n) is 5.91. The Hall–Kier alpha value is -2.96. The summed E-state index contributed by atoms with van der Waals surface area (Å²) in [5, 5.41) is 2.65. The van der Waals surface area contributed by atoms with Crippen molar-refractivity contribution < 1.29 is 23.1 Å². The average Bonchev–Trinajstić information content (AvgIpc) is 2.54. The normalized spacial score (nSPS) is 10.5. The molecule has 2 aromatic carbocycles. The molecule has 26 heavy (non-hydrogen) atoms. The number of carbonyl (C=O) groups is 2. The Morgan fingerprint density at radius 2 is 1.85 bits per heavy atom. The number of hydrogen-bond acceptors (Lipinski definition) is 3. The van der Waals surface area contributed by atoms with Crippen molar-refractivity contribution in [1.29, 1.82) is 0 Å². The van der Waals surface area contributed by atoms with Crippen LogP contribution >= 0.6 is 0 Å². The van der Waals surface area contributed by atoms with Crippen LogP contribution in [0.4, 0.5) is 20.2 Å². The predicted molar refractivity (Wildman–Crippen MR) is 95.2 cm³/mol. The van der Waals surface area contributed by atoms with Crippen molar-refractivity contribution in [3.05, 3.63) is 54.1 Å². The fraction of sp³-hybridized carbons (Fsp3) is 0.263. The van der Waals surface area contributed by atoms with Crippen LogP contribution in [0.25, 0.3) is 0 Å². The third-order valence-corrected chi connectivity index (χ3v) is 3.41. The fourth-order valence-electron chi connectivity index (χ4n) is 2.33. The van der Waals surface area contributed by atoms with Crippen molar-refractivity contribution in [2.75, 3.05) is 16.8 Å². The highest BCUT2D eigenvalue weighted by atomic mass is 19.1. The summed E-state index contributed by atoms with van der Waals surface area (Å²) >= 11 is 0. The first-order valence-corrected chi connectivity index (χ1v) is 8.06. The van der Waals surface area contributed by atoms with Gasteiger partial charge in [0.25, 0.3) is 0 Å². The second-order valence-corrected chi connectivity index (χ2v) is 5.91. The minimum absolute atomic E-state index is 0.0879. The fourth-order valence-corrected chi connectivity index (χ4v) is 2.33. The lowest BCUT2D eigenvalue weighted by Gasteiger charge is -2.22. The van der Waals surface area contributed by atoms with E-state index in [1.807, 2.05) is 13.8 Å². The third kappa shape index (κ3) is 5.02. The number of rotatable bonds is 6. The molecule has 0 aromatic heterocycles. The quantitative estimate of drug-likeness (QED) is 0.852. The predicted octanol–water partition coefficient (Wildman–Crippen LogP) is 3.74. The molecule has 0 radical (unpaired) electrons. The Morgan fingerprint density at radius 3 is 2.46 bits per heavy atom. The number of para-hydroxylation sites is 2. The number of halogens is 2. The number of ether oxygens (including phenoxy) is 1. The van der Waals surface area contributed by atoms with Gasteiger partial charge in [-0.15, -0.1) is 0 Å². The summed E-state index contributed by atoms with van der Waals surface area (Å²) in [4.78, 5) is 25.1. The highest BCUT2D eigenvalue weighted by Crippen LogP contribution is 2.25. The van der Waals surface area contributed by atoms with Gasteiger partial charge in [0.05, 0.1) is 17.5 Å². The van der Waals surface area contributed by atoms with E-state index >= 15 is 0 Å². The topological polar surface area (TPSA) is 58.6 Å². The summed E-state index contributed by atoms with van der Waals surface area (Å²) in [6.07, 6.45) is -0.0879. The van der Waals surface area contributed by atoms with Gasteiger partial charge in [-0.1, -0.05) is 12.1 Å². The van der Waals surface area contributed by atoms with E-state index in [2.05, 4.69) is 5.32 Å². The zero-order chi connectivity index (χ0) is 19.3. The van der Waals surface area contributed by atoms with Gasteiger partial charge in [0.15, 0.2) is 0 Å². The summed E-state index contributed by atoms with van der Waals surface area (Å²) < 4.78 is 32.7. The van der Waals surface area contributed by atoms with Crippen LogP contribution in [-0.4, -0.2) is 24.5 Å². The lowest BCUT2D eigenvalue weighted by atomic mass is 10.2. The molecule has 0 atom stereocenters. The Bertz CT molecular complexity index is 809. The molecule has 0 aliphatic heterocycles. The van der Waals surface area contributed by atoms with E-state index in [4.69, 9.17) is 4.74 Å². The van der Waals surface area contributed by atoms with Crippen molar-refractivity contribution in [1.82, 2.24) is 0 Å². The minimum Gasteiger partial charge on any atom is -0.489 e. The van der Waals surface area contributed by atoms with E-state index in [1.165, 1.54) is 6.92 Å². The molecule has 2 rings (SSSR count). The van der Waals surface area contributed by atoms with Crippen LogP contribution in [0.15, 0.2) is 42.5 Å². The molecule has 0 heterocycles. The SMILES string of the molecule is CC(=O)N(CC(=O)Nc1ccccc1OC(C)C)c1ccc(F)cc1F. The maximum atomic E-state index is 14.0. The first-order valence-electron chi connectivity index (χ1n) is 8.06. The van der Waals surface area contributed by atoms with Crippen LogP contribution in [0.3, 0.4) is 0 Å². The number of hydrogen-bond donors (Lipinski definition) is 1. The van der Waals surface area contributed by atoms with Crippen molar-refractivity contribution in [2.24, 2.45) is 0 Å². The summed E-state index contributed by atoms with van der Waals surface area (Å²) in [6, 6.07) is 9.67. The number of nitrogens with one attached hydrogen (secondary N) is 1.